The molecule has 2 aliphatic rings. The summed E-state index contributed by atoms with van der Waals surface area (Å²) in [4.78, 5) is 0. The summed E-state index contributed by atoms with van der Waals surface area (Å²) in [6.45, 7) is 2.37. The van der Waals surface area contributed by atoms with E-state index in [1.165, 1.54) is 66.4 Å². The third-order valence-corrected chi connectivity index (χ3v) is 9.59. The fourth-order valence-electron chi connectivity index (χ4n) is 7.43. The van der Waals surface area contributed by atoms with Crippen molar-refractivity contribution in [3.63, 3.8) is 0 Å². The molecule has 43 heavy (non-hydrogen) atoms. The van der Waals surface area contributed by atoms with E-state index < -0.39 is 0 Å². The van der Waals surface area contributed by atoms with E-state index in [0.29, 0.717) is 0 Å². The Kier molecular flexibility index (Phi) is 5.10. The summed E-state index contributed by atoms with van der Waals surface area (Å²) in [5.41, 5.74) is 13.8. The van der Waals surface area contributed by atoms with Gasteiger partial charge >= 0.3 is 0 Å². The molecule has 1 aliphatic heterocycles. The highest BCUT2D eigenvalue weighted by molar-refractivity contribution is 6.09. The average Bonchev–Trinajstić information content (AvgIpc) is 3.34. The Morgan fingerprint density at radius 3 is 1.93 bits per heavy atom. The molecule has 9 rings (SSSR count). The molecule has 202 valence electrons. The van der Waals surface area contributed by atoms with E-state index in [0.717, 1.165) is 17.1 Å². The molecule has 0 aromatic heterocycles. The van der Waals surface area contributed by atoms with Crippen molar-refractivity contribution in [2.45, 2.75) is 12.3 Å². The fraction of sp³-hybridized carbons (Fsp3) is 0.0476. The maximum Gasteiger partial charge on any atom is 0.135 e. The smallest absolute Gasteiger partial charge is 0.135 e. The second-order valence-electron chi connectivity index (χ2n) is 11.8. The van der Waals surface area contributed by atoms with Gasteiger partial charge < -0.3 is 4.74 Å². The number of hydrogen-bond donors (Lipinski definition) is 0. The molecule has 1 nitrogen and oxygen atoms in total. The second-order valence-corrected chi connectivity index (χ2v) is 11.8. The second kappa shape index (κ2) is 9.05. The van der Waals surface area contributed by atoms with Crippen LogP contribution in [0.15, 0.2) is 152 Å². The Hall–Kier alpha value is -5.40. The minimum atomic E-state index is -0.201. The van der Waals surface area contributed by atoms with Gasteiger partial charge in [-0.3, -0.25) is 0 Å². The van der Waals surface area contributed by atoms with Crippen molar-refractivity contribution in [3.05, 3.63) is 168 Å². The summed E-state index contributed by atoms with van der Waals surface area (Å²) in [5, 5.41) is 2.40. The normalized spacial score (nSPS) is 15.8. The van der Waals surface area contributed by atoms with Crippen LogP contribution >= 0.6 is 0 Å². The van der Waals surface area contributed by atoms with Crippen LogP contribution in [-0.2, 0) is 5.41 Å². The lowest BCUT2D eigenvalue weighted by molar-refractivity contribution is 0.487. The van der Waals surface area contributed by atoms with Crippen LogP contribution in [0.5, 0.6) is 11.5 Å². The van der Waals surface area contributed by atoms with E-state index in [-0.39, 0.29) is 5.41 Å². The number of ether oxygens (including phenoxy) is 1. The summed E-state index contributed by atoms with van der Waals surface area (Å²) >= 11 is 0. The highest BCUT2D eigenvalue weighted by Gasteiger charge is 2.40. The quantitative estimate of drug-likeness (QED) is 0.213. The van der Waals surface area contributed by atoms with E-state index in [2.05, 4.69) is 146 Å². The molecule has 0 saturated carbocycles. The molecule has 1 heteroatoms. The highest BCUT2D eigenvalue weighted by Crippen LogP contribution is 2.53. The monoisotopic (exact) mass is 548 g/mol. The minimum Gasteiger partial charge on any atom is -0.456 e. The molecule has 0 N–H and O–H groups in total. The van der Waals surface area contributed by atoms with Crippen LogP contribution in [0.25, 0.3) is 55.3 Å². The zero-order valence-corrected chi connectivity index (χ0v) is 23.8. The number of fused-ring (bicyclic) bond motifs is 5. The lowest BCUT2D eigenvalue weighted by atomic mass is 9.74. The van der Waals surface area contributed by atoms with Gasteiger partial charge in [0, 0.05) is 16.4 Å². The molecule has 0 fully saturated rings. The lowest BCUT2D eigenvalue weighted by Crippen LogP contribution is -2.22. The summed E-state index contributed by atoms with van der Waals surface area (Å²) < 4.78 is 6.33. The van der Waals surface area contributed by atoms with Crippen LogP contribution in [0, 0.1) is 0 Å². The van der Waals surface area contributed by atoms with Crippen molar-refractivity contribution in [2.24, 2.45) is 0 Å². The van der Waals surface area contributed by atoms with Crippen molar-refractivity contribution in [2.75, 3.05) is 0 Å². The maximum atomic E-state index is 6.33. The van der Waals surface area contributed by atoms with Crippen LogP contribution in [0.3, 0.4) is 0 Å². The number of rotatable bonds is 3. The van der Waals surface area contributed by atoms with Gasteiger partial charge in [-0.25, -0.2) is 0 Å². The average molecular weight is 549 g/mol. The van der Waals surface area contributed by atoms with Crippen molar-refractivity contribution in [1.29, 1.82) is 0 Å². The predicted octanol–water partition coefficient (Wildman–Crippen LogP) is 11.3. The number of para-hydroxylation sites is 1. The zero-order chi connectivity index (χ0) is 28.5. The molecule has 0 saturated heterocycles. The van der Waals surface area contributed by atoms with Gasteiger partial charge in [-0.1, -0.05) is 133 Å². The maximum absolute atomic E-state index is 6.33. The topological polar surface area (TPSA) is 9.23 Å². The van der Waals surface area contributed by atoms with Gasteiger partial charge in [0.1, 0.15) is 11.5 Å². The van der Waals surface area contributed by atoms with Gasteiger partial charge in [0.05, 0.1) is 0 Å². The first-order chi connectivity index (χ1) is 21.2. The molecule has 7 aromatic carbocycles. The van der Waals surface area contributed by atoms with Crippen LogP contribution < -0.4 is 4.74 Å². The fourth-order valence-corrected chi connectivity index (χ4v) is 7.43. The van der Waals surface area contributed by atoms with Gasteiger partial charge in [-0.2, -0.15) is 0 Å². The lowest BCUT2D eigenvalue weighted by Gasteiger charge is -2.28. The van der Waals surface area contributed by atoms with Crippen molar-refractivity contribution < 1.29 is 4.74 Å². The van der Waals surface area contributed by atoms with Crippen molar-refractivity contribution in [3.8, 4) is 56.0 Å². The standard InChI is InChI=1S/C42H28O/c1-42(30-10-3-2-4-11-30)37-16-7-5-12-32(37)33-23-22-29(26-38(33)42)27-18-20-28(21-19-27)31-24-25-40-41-35(31)14-9-15-36(41)34-13-6-8-17-39(34)43-40/h2-26H,1H3. The Balaban J connectivity index is 1.14. The van der Waals surface area contributed by atoms with Gasteiger partial charge in [0.2, 0.25) is 0 Å². The predicted molar refractivity (Wildman–Crippen MR) is 178 cm³/mol. The first kappa shape index (κ1) is 24.2. The van der Waals surface area contributed by atoms with Crippen LogP contribution in [0.1, 0.15) is 23.6 Å². The summed E-state index contributed by atoms with van der Waals surface area (Å²) in [6.07, 6.45) is 0. The van der Waals surface area contributed by atoms with Crippen LogP contribution in [-0.4, -0.2) is 0 Å². The zero-order valence-electron chi connectivity index (χ0n) is 23.8. The molecular weight excluding hydrogens is 520 g/mol. The van der Waals surface area contributed by atoms with E-state index in [1.807, 2.05) is 12.1 Å². The summed E-state index contributed by atoms with van der Waals surface area (Å²) in [6, 6.07) is 55.0. The van der Waals surface area contributed by atoms with E-state index in [9.17, 15) is 0 Å². The van der Waals surface area contributed by atoms with Gasteiger partial charge in [-0.15, -0.1) is 0 Å². The molecule has 0 radical (unpaired) electrons. The van der Waals surface area contributed by atoms with Gasteiger partial charge in [0.15, 0.2) is 0 Å². The molecule has 1 aliphatic carbocycles. The number of benzene rings is 7. The molecule has 1 heterocycles. The largest absolute Gasteiger partial charge is 0.456 e. The Morgan fingerprint density at radius 1 is 0.419 bits per heavy atom. The first-order valence-electron chi connectivity index (χ1n) is 14.9. The summed E-state index contributed by atoms with van der Waals surface area (Å²) in [5.74, 6) is 1.84. The third-order valence-electron chi connectivity index (χ3n) is 9.59. The SMILES string of the molecule is CC1(c2ccccc2)c2ccccc2-c2ccc(-c3ccc(-c4ccc5c6c(cccc46)-c4ccccc4O5)cc3)cc21. The van der Waals surface area contributed by atoms with E-state index >= 15 is 0 Å². The Morgan fingerprint density at radius 2 is 1.07 bits per heavy atom. The molecule has 0 bridgehead atoms. The molecule has 7 aromatic rings. The Labute approximate surface area is 251 Å². The summed E-state index contributed by atoms with van der Waals surface area (Å²) in [7, 11) is 0. The first-order valence-corrected chi connectivity index (χ1v) is 14.9. The van der Waals surface area contributed by atoms with Gasteiger partial charge in [-0.05, 0) is 86.1 Å². The van der Waals surface area contributed by atoms with E-state index in [1.54, 1.807) is 0 Å². The third kappa shape index (κ3) is 3.46. The Bertz CT molecular complexity index is 2210. The van der Waals surface area contributed by atoms with E-state index in [4.69, 9.17) is 4.74 Å². The molecule has 1 unspecified atom stereocenters. The van der Waals surface area contributed by atoms with Crippen LogP contribution in [0.4, 0.5) is 0 Å². The molecule has 0 amide bonds. The van der Waals surface area contributed by atoms with Crippen molar-refractivity contribution in [1.82, 2.24) is 0 Å². The highest BCUT2D eigenvalue weighted by atomic mass is 16.5. The van der Waals surface area contributed by atoms with Gasteiger partial charge in [0.25, 0.3) is 0 Å². The molecule has 1 atom stereocenters. The molecular formula is C42H28O. The minimum absolute atomic E-state index is 0.201. The number of hydrogen-bond acceptors (Lipinski definition) is 1. The van der Waals surface area contributed by atoms with Crippen molar-refractivity contribution >= 4 is 10.8 Å². The molecule has 0 spiro atoms. The van der Waals surface area contributed by atoms with Crippen LogP contribution in [0.2, 0.25) is 0 Å².